The summed E-state index contributed by atoms with van der Waals surface area (Å²) < 4.78 is 5.69. The van der Waals surface area contributed by atoms with E-state index in [0.29, 0.717) is 23.2 Å². The predicted molar refractivity (Wildman–Crippen MR) is 79.2 cm³/mol. The van der Waals surface area contributed by atoms with E-state index in [1.807, 2.05) is 0 Å². The molecule has 1 aromatic rings. The van der Waals surface area contributed by atoms with Crippen LogP contribution in [0.2, 0.25) is 5.02 Å². The molecule has 1 aromatic heterocycles. The topological polar surface area (TPSA) is 57.4 Å². The highest BCUT2D eigenvalue weighted by atomic mass is 35.5. The van der Waals surface area contributed by atoms with Crippen LogP contribution in [0.15, 0.2) is 12.3 Å². The Hall–Kier alpha value is -1.04. The van der Waals surface area contributed by atoms with E-state index in [1.165, 1.54) is 0 Å². The molecule has 5 nitrogen and oxygen atoms in total. The Morgan fingerprint density at radius 1 is 1.65 bits per heavy atom. The van der Waals surface area contributed by atoms with Crippen molar-refractivity contribution in [2.45, 2.75) is 20.0 Å². The van der Waals surface area contributed by atoms with Gasteiger partial charge in [-0.15, -0.1) is 0 Å². The molecule has 1 fully saturated rings. The normalized spacial score (nSPS) is 20.3. The molecule has 0 aliphatic carbocycles. The fourth-order valence-electron chi connectivity index (χ4n) is 2.39. The van der Waals surface area contributed by atoms with E-state index in [2.05, 4.69) is 29.0 Å². The molecule has 0 radical (unpaired) electrons. The second-order valence-electron chi connectivity index (χ2n) is 5.59. The predicted octanol–water partition coefficient (Wildman–Crippen LogP) is 1.75. The number of aromatic amines is 1. The van der Waals surface area contributed by atoms with Crippen LogP contribution in [0, 0.1) is 5.92 Å². The van der Waals surface area contributed by atoms with Gasteiger partial charge in [-0.3, -0.25) is 9.69 Å². The van der Waals surface area contributed by atoms with Crippen LogP contribution >= 0.6 is 11.6 Å². The van der Waals surface area contributed by atoms with Crippen molar-refractivity contribution in [3.63, 3.8) is 0 Å². The summed E-state index contributed by atoms with van der Waals surface area (Å²) >= 11 is 5.78. The van der Waals surface area contributed by atoms with E-state index in [9.17, 15) is 4.79 Å². The second kappa shape index (κ2) is 7.11. The van der Waals surface area contributed by atoms with Gasteiger partial charge in [-0.2, -0.15) is 0 Å². The van der Waals surface area contributed by atoms with Crippen molar-refractivity contribution in [2.24, 2.45) is 5.92 Å². The Balaban J connectivity index is 1.77. The Morgan fingerprint density at radius 3 is 3.10 bits per heavy atom. The summed E-state index contributed by atoms with van der Waals surface area (Å²) in [5.41, 5.74) is 0.477. The number of carbonyl (C=O) groups excluding carboxylic acids is 1. The molecule has 112 valence electrons. The lowest BCUT2D eigenvalue weighted by Crippen LogP contribution is -2.48. The third-order valence-electron chi connectivity index (χ3n) is 3.23. The molecule has 2 rings (SSSR count). The zero-order valence-corrected chi connectivity index (χ0v) is 12.7. The van der Waals surface area contributed by atoms with Crippen LogP contribution < -0.4 is 5.32 Å². The third kappa shape index (κ3) is 4.51. The first kappa shape index (κ1) is 15.4. The summed E-state index contributed by atoms with van der Waals surface area (Å²) in [7, 11) is 0. The van der Waals surface area contributed by atoms with Gasteiger partial charge in [-0.1, -0.05) is 25.4 Å². The van der Waals surface area contributed by atoms with Gasteiger partial charge in [-0.25, -0.2) is 0 Å². The number of morpholine rings is 1. The first-order valence-electron chi connectivity index (χ1n) is 7.00. The molecule has 1 atom stereocenters. The number of halogens is 1. The SMILES string of the molecule is CC(C)CN1CCOC(CNC(=O)c2cc(Cl)c[nH]2)C1. The number of carbonyl (C=O) groups is 1. The monoisotopic (exact) mass is 299 g/mol. The van der Waals surface area contributed by atoms with Gasteiger partial charge in [0, 0.05) is 32.4 Å². The van der Waals surface area contributed by atoms with E-state index < -0.39 is 0 Å². The van der Waals surface area contributed by atoms with Gasteiger partial charge in [-0.05, 0) is 12.0 Å². The molecule has 20 heavy (non-hydrogen) atoms. The summed E-state index contributed by atoms with van der Waals surface area (Å²) in [5, 5.41) is 3.41. The average molecular weight is 300 g/mol. The van der Waals surface area contributed by atoms with Crippen LogP contribution in [0.3, 0.4) is 0 Å². The number of amides is 1. The van der Waals surface area contributed by atoms with Crippen LogP contribution in [0.5, 0.6) is 0 Å². The van der Waals surface area contributed by atoms with Crippen molar-refractivity contribution in [3.05, 3.63) is 23.0 Å². The summed E-state index contributed by atoms with van der Waals surface area (Å²) in [6.45, 7) is 8.56. The van der Waals surface area contributed by atoms with E-state index >= 15 is 0 Å². The maximum atomic E-state index is 11.9. The van der Waals surface area contributed by atoms with Crippen LogP contribution in [0.25, 0.3) is 0 Å². The summed E-state index contributed by atoms with van der Waals surface area (Å²) in [5.74, 6) is 0.492. The Morgan fingerprint density at radius 2 is 2.45 bits per heavy atom. The summed E-state index contributed by atoms with van der Waals surface area (Å²) in [6.07, 6.45) is 1.65. The molecule has 0 spiro atoms. The standard InChI is InChI=1S/C14H22ClN3O2/c1-10(2)8-18-3-4-20-12(9-18)7-17-14(19)13-5-11(15)6-16-13/h5-6,10,12,16H,3-4,7-9H2,1-2H3,(H,17,19). The van der Waals surface area contributed by atoms with Crippen molar-refractivity contribution in [1.82, 2.24) is 15.2 Å². The molecule has 2 heterocycles. The molecular weight excluding hydrogens is 278 g/mol. The minimum Gasteiger partial charge on any atom is -0.374 e. The lowest BCUT2D eigenvalue weighted by atomic mass is 10.2. The fraction of sp³-hybridized carbons (Fsp3) is 0.643. The number of nitrogens with one attached hydrogen (secondary N) is 2. The quantitative estimate of drug-likeness (QED) is 0.871. The number of hydrogen-bond donors (Lipinski definition) is 2. The molecule has 0 saturated carbocycles. The van der Waals surface area contributed by atoms with Crippen molar-refractivity contribution >= 4 is 17.5 Å². The fourth-order valence-corrected chi connectivity index (χ4v) is 2.55. The first-order valence-corrected chi connectivity index (χ1v) is 7.38. The van der Waals surface area contributed by atoms with Crippen molar-refractivity contribution in [3.8, 4) is 0 Å². The van der Waals surface area contributed by atoms with Crippen LogP contribution in [0.1, 0.15) is 24.3 Å². The van der Waals surface area contributed by atoms with Gasteiger partial charge in [0.05, 0.1) is 17.7 Å². The first-order chi connectivity index (χ1) is 9.54. The van der Waals surface area contributed by atoms with Crippen molar-refractivity contribution in [1.29, 1.82) is 0 Å². The van der Waals surface area contributed by atoms with Crippen LogP contribution in [-0.2, 0) is 4.74 Å². The average Bonchev–Trinajstić information content (AvgIpc) is 2.82. The molecule has 2 N–H and O–H groups in total. The molecule has 6 heteroatoms. The van der Waals surface area contributed by atoms with Gasteiger partial charge in [0.2, 0.25) is 0 Å². The number of aromatic nitrogens is 1. The zero-order valence-electron chi connectivity index (χ0n) is 12.0. The molecule has 1 aliphatic rings. The lowest BCUT2D eigenvalue weighted by Gasteiger charge is -2.33. The second-order valence-corrected chi connectivity index (χ2v) is 6.02. The molecule has 1 aliphatic heterocycles. The summed E-state index contributed by atoms with van der Waals surface area (Å²) in [6, 6.07) is 1.61. The lowest BCUT2D eigenvalue weighted by molar-refractivity contribution is -0.0295. The van der Waals surface area contributed by atoms with Gasteiger partial charge >= 0.3 is 0 Å². The molecule has 0 bridgehead atoms. The van der Waals surface area contributed by atoms with Gasteiger partial charge < -0.3 is 15.0 Å². The largest absolute Gasteiger partial charge is 0.374 e. The van der Waals surface area contributed by atoms with Crippen LogP contribution in [-0.4, -0.2) is 54.7 Å². The Bertz CT molecular complexity index is 447. The smallest absolute Gasteiger partial charge is 0.267 e. The maximum Gasteiger partial charge on any atom is 0.267 e. The highest BCUT2D eigenvalue weighted by Crippen LogP contribution is 2.10. The van der Waals surface area contributed by atoms with Gasteiger partial charge in [0.15, 0.2) is 0 Å². The van der Waals surface area contributed by atoms with Crippen molar-refractivity contribution in [2.75, 3.05) is 32.8 Å². The van der Waals surface area contributed by atoms with E-state index in [0.717, 1.165) is 26.2 Å². The molecular formula is C14H22ClN3O2. The zero-order chi connectivity index (χ0) is 14.5. The molecule has 0 aromatic carbocycles. The number of nitrogens with zero attached hydrogens (tertiary/aromatic N) is 1. The van der Waals surface area contributed by atoms with Crippen molar-refractivity contribution < 1.29 is 9.53 Å². The summed E-state index contributed by atoms with van der Waals surface area (Å²) in [4.78, 5) is 17.1. The van der Waals surface area contributed by atoms with E-state index in [4.69, 9.17) is 16.3 Å². The van der Waals surface area contributed by atoms with Gasteiger partial charge in [0.25, 0.3) is 5.91 Å². The Kier molecular flexibility index (Phi) is 5.46. The molecule has 1 unspecified atom stereocenters. The number of hydrogen-bond acceptors (Lipinski definition) is 3. The molecule has 1 saturated heterocycles. The highest BCUT2D eigenvalue weighted by Gasteiger charge is 2.21. The minimum absolute atomic E-state index is 0.0527. The van der Waals surface area contributed by atoms with E-state index in [1.54, 1.807) is 12.3 Å². The number of H-pyrrole nitrogens is 1. The van der Waals surface area contributed by atoms with E-state index in [-0.39, 0.29) is 12.0 Å². The maximum absolute atomic E-state index is 11.9. The minimum atomic E-state index is -0.151. The van der Waals surface area contributed by atoms with Gasteiger partial charge in [0.1, 0.15) is 5.69 Å². The number of ether oxygens (including phenoxy) is 1. The Labute approximate surface area is 124 Å². The third-order valence-corrected chi connectivity index (χ3v) is 3.45. The molecule has 1 amide bonds. The van der Waals surface area contributed by atoms with Crippen LogP contribution in [0.4, 0.5) is 0 Å². The highest BCUT2D eigenvalue weighted by molar-refractivity contribution is 6.30. The number of rotatable bonds is 5.